The summed E-state index contributed by atoms with van der Waals surface area (Å²) in [6.07, 6.45) is 2.90. The topological polar surface area (TPSA) is 92.1 Å². The third-order valence-corrected chi connectivity index (χ3v) is 3.79. The van der Waals surface area contributed by atoms with Gasteiger partial charge in [0, 0.05) is 5.69 Å². The van der Waals surface area contributed by atoms with Gasteiger partial charge in [-0.2, -0.15) is 0 Å². The van der Waals surface area contributed by atoms with Crippen molar-refractivity contribution in [2.75, 3.05) is 18.4 Å². The number of piperidine rings is 1. The van der Waals surface area contributed by atoms with Gasteiger partial charge in [-0.25, -0.2) is 4.68 Å². The van der Waals surface area contributed by atoms with Crippen molar-refractivity contribution in [3.63, 3.8) is 0 Å². The molecule has 3 rings (SSSR count). The lowest BCUT2D eigenvalue weighted by molar-refractivity contribution is -0.00865. The number of benzene rings is 1. The van der Waals surface area contributed by atoms with Crippen molar-refractivity contribution in [2.24, 2.45) is 0 Å². The molecule has 7 heteroatoms. The molecule has 0 spiro atoms. The minimum atomic E-state index is -0.786. The van der Waals surface area contributed by atoms with E-state index in [9.17, 15) is 9.90 Å². The molecule has 22 heavy (non-hydrogen) atoms. The van der Waals surface area contributed by atoms with Gasteiger partial charge < -0.3 is 15.7 Å². The first-order valence-electron chi connectivity index (χ1n) is 7.34. The number of aromatic nitrogens is 3. The maximum atomic E-state index is 12.1. The van der Waals surface area contributed by atoms with E-state index in [4.69, 9.17) is 0 Å². The van der Waals surface area contributed by atoms with Gasteiger partial charge in [0.15, 0.2) is 5.69 Å². The van der Waals surface area contributed by atoms with Gasteiger partial charge in [-0.3, -0.25) is 4.79 Å². The lowest BCUT2D eigenvalue weighted by Gasteiger charge is -2.32. The maximum Gasteiger partial charge on any atom is 0.277 e. The van der Waals surface area contributed by atoms with E-state index < -0.39 is 5.60 Å². The van der Waals surface area contributed by atoms with Crippen LogP contribution < -0.4 is 10.6 Å². The van der Waals surface area contributed by atoms with Gasteiger partial charge in [-0.15, -0.1) is 5.10 Å². The van der Waals surface area contributed by atoms with Gasteiger partial charge in [0.2, 0.25) is 0 Å². The molecule has 2 aromatic rings. The fraction of sp³-hybridized carbons (Fsp3) is 0.400. The lowest BCUT2D eigenvalue weighted by Crippen LogP contribution is -2.44. The van der Waals surface area contributed by atoms with Gasteiger partial charge in [0.1, 0.15) is 0 Å². The molecule has 0 bridgehead atoms. The first-order valence-corrected chi connectivity index (χ1v) is 7.34. The smallest absolute Gasteiger partial charge is 0.277 e. The molecule has 2 heterocycles. The number of nitrogens with one attached hydrogen (secondary N) is 2. The van der Waals surface area contributed by atoms with E-state index in [1.54, 1.807) is 18.3 Å². The van der Waals surface area contributed by atoms with E-state index in [-0.39, 0.29) is 11.6 Å². The highest BCUT2D eigenvalue weighted by Gasteiger charge is 2.30. The van der Waals surface area contributed by atoms with E-state index in [1.807, 2.05) is 18.2 Å². The van der Waals surface area contributed by atoms with Crippen molar-refractivity contribution in [3.05, 3.63) is 42.2 Å². The van der Waals surface area contributed by atoms with Crippen molar-refractivity contribution in [1.29, 1.82) is 0 Å². The number of amides is 1. The van der Waals surface area contributed by atoms with Crippen LogP contribution in [0.15, 0.2) is 36.5 Å². The molecule has 1 amide bonds. The average Bonchev–Trinajstić information content (AvgIpc) is 2.97. The molecule has 0 aliphatic carbocycles. The number of carbonyl (C=O) groups excluding carboxylic acids is 1. The predicted molar refractivity (Wildman–Crippen MR) is 81.5 cm³/mol. The number of nitrogens with zero attached hydrogens (tertiary/aromatic N) is 3. The second kappa shape index (κ2) is 6.25. The molecule has 0 atom stereocenters. The summed E-state index contributed by atoms with van der Waals surface area (Å²) < 4.78 is 1.53. The van der Waals surface area contributed by atoms with Crippen LogP contribution in [0.3, 0.4) is 0 Å². The summed E-state index contributed by atoms with van der Waals surface area (Å²) >= 11 is 0. The second-order valence-electron chi connectivity index (χ2n) is 5.60. The van der Waals surface area contributed by atoms with E-state index in [2.05, 4.69) is 20.9 Å². The number of hydrogen-bond donors (Lipinski definition) is 3. The summed E-state index contributed by atoms with van der Waals surface area (Å²) in [6, 6.07) is 9.18. The van der Waals surface area contributed by atoms with Crippen LogP contribution in [-0.2, 0) is 6.54 Å². The molecular formula is C15H19N5O2. The Bertz CT molecular complexity index is 634. The highest BCUT2D eigenvalue weighted by molar-refractivity contribution is 6.02. The Hall–Kier alpha value is -2.25. The Balaban J connectivity index is 1.64. The third kappa shape index (κ3) is 3.49. The van der Waals surface area contributed by atoms with Crippen LogP contribution >= 0.6 is 0 Å². The van der Waals surface area contributed by atoms with Crippen molar-refractivity contribution >= 4 is 11.6 Å². The quantitative estimate of drug-likeness (QED) is 0.771. The zero-order chi connectivity index (χ0) is 15.4. The van der Waals surface area contributed by atoms with Crippen LogP contribution in [0, 0.1) is 0 Å². The van der Waals surface area contributed by atoms with Crippen LogP contribution in [0.5, 0.6) is 0 Å². The minimum absolute atomic E-state index is 0.237. The molecule has 0 saturated carbocycles. The van der Waals surface area contributed by atoms with Crippen LogP contribution in [0.4, 0.5) is 5.69 Å². The summed E-state index contributed by atoms with van der Waals surface area (Å²) in [5.41, 5.74) is 0.159. The first kappa shape index (κ1) is 14.7. The van der Waals surface area contributed by atoms with Crippen molar-refractivity contribution < 1.29 is 9.90 Å². The third-order valence-electron chi connectivity index (χ3n) is 3.79. The molecule has 1 saturated heterocycles. The number of hydrogen-bond acceptors (Lipinski definition) is 5. The monoisotopic (exact) mass is 301 g/mol. The fourth-order valence-electron chi connectivity index (χ4n) is 2.55. The summed E-state index contributed by atoms with van der Waals surface area (Å²) in [7, 11) is 0. The largest absolute Gasteiger partial charge is 0.388 e. The second-order valence-corrected chi connectivity index (χ2v) is 5.60. The molecule has 7 nitrogen and oxygen atoms in total. The van der Waals surface area contributed by atoms with E-state index in [0.29, 0.717) is 25.1 Å². The van der Waals surface area contributed by atoms with E-state index >= 15 is 0 Å². The number of aliphatic hydroxyl groups is 1. The molecule has 116 valence electrons. The van der Waals surface area contributed by atoms with Gasteiger partial charge >= 0.3 is 0 Å². The van der Waals surface area contributed by atoms with Gasteiger partial charge in [0.25, 0.3) is 5.91 Å². The highest BCUT2D eigenvalue weighted by Crippen LogP contribution is 2.20. The first-order chi connectivity index (χ1) is 10.6. The normalized spacial score (nSPS) is 17.1. The molecule has 0 unspecified atom stereocenters. The molecule has 1 aliphatic heterocycles. The Morgan fingerprint density at radius 2 is 2.05 bits per heavy atom. The molecule has 3 N–H and O–H groups in total. The average molecular weight is 301 g/mol. The molecule has 0 radical (unpaired) electrons. The molecular weight excluding hydrogens is 282 g/mol. The standard InChI is InChI=1S/C15H19N5O2/c21-14(17-12-4-2-1-3-5-12)13-10-20(19-18-13)11-15(22)6-8-16-9-7-15/h1-5,10,16,22H,6-9,11H2,(H,17,21). The van der Waals surface area contributed by atoms with Crippen LogP contribution in [0.1, 0.15) is 23.3 Å². The van der Waals surface area contributed by atoms with Gasteiger partial charge in [-0.05, 0) is 38.1 Å². The number of anilines is 1. The highest BCUT2D eigenvalue weighted by atomic mass is 16.3. The molecule has 1 fully saturated rings. The van der Waals surface area contributed by atoms with Crippen LogP contribution in [-0.4, -0.2) is 44.7 Å². The van der Waals surface area contributed by atoms with Crippen molar-refractivity contribution in [3.8, 4) is 0 Å². The SMILES string of the molecule is O=C(Nc1ccccc1)c1cn(CC2(O)CCNCC2)nn1. The Morgan fingerprint density at radius 3 is 2.77 bits per heavy atom. The summed E-state index contributed by atoms with van der Waals surface area (Å²) in [5.74, 6) is -0.310. The number of rotatable bonds is 4. The summed E-state index contributed by atoms with van der Waals surface area (Å²) in [4.78, 5) is 12.1. The van der Waals surface area contributed by atoms with E-state index in [0.717, 1.165) is 13.1 Å². The zero-order valence-corrected chi connectivity index (χ0v) is 12.2. The molecule has 1 aromatic carbocycles. The molecule has 1 aromatic heterocycles. The lowest BCUT2D eigenvalue weighted by atomic mass is 9.92. The minimum Gasteiger partial charge on any atom is -0.388 e. The Labute approximate surface area is 128 Å². The van der Waals surface area contributed by atoms with E-state index in [1.165, 1.54) is 4.68 Å². The summed E-state index contributed by atoms with van der Waals surface area (Å²) in [6.45, 7) is 1.92. The van der Waals surface area contributed by atoms with Gasteiger partial charge in [0.05, 0.1) is 18.3 Å². The number of para-hydroxylation sites is 1. The zero-order valence-electron chi connectivity index (χ0n) is 12.2. The fourth-order valence-corrected chi connectivity index (χ4v) is 2.55. The van der Waals surface area contributed by atoms with Crippen LogP contribution in [0.25, 0.3) is 0 Å². The Kier molecular flexibility index (Phi) is 4.17. The van der Waals surface area contributed by atoms with Crippen molar-refractivity contribution in [1.82, 2.24) is 20.3 Å². The molecule has 1 aliphatic rings. The summed E-state index contributed by atoms with van der Waals surface area (Å²) in [5, 5.41) is 24.3. The maximum absolute atomic E-state index is 12.1. The van der Waals surface area contributed by atoms with Crippen molar-refractivity contribution in [2.45, 2.75) is 25.0 Å². The predicted octanol–water partition coefficient (Wildman–Crippen LogP) is 0.645. The Morgan fingerprint density at radius 1 is 1.32 bits per heavy atom. The number of carbonyl (C=O) groups is 1. The van der Waals surface area contributed by atoms with Gasteiger partial charge in [-0.1, -0.05) is 23.4 Å². The van der Waals surface area contributed by atoms with Crippen LogP contribution in [0.2, 0.25) is 0 Å².